The van der Waals surface area contributed by atoms with E-state index in [-0.39, 0.29) is 0 Å². The Balaban J connectivity index is 1.32. The summed E-state index contributed by atoms with van der Waals surface area (Å²) in [4.78, 5) is 38.2. The molecule has 7 fully saturated rings. The molecule has 7 rings (SSSR count). The molecule has 7 saturated heterocycles. The summed E-state index contributed by atoms with van der Waals surface area (Å²) in [5.74, 6) is -2.71. The van der Waals surface area contributed by atoms with Gasteiger partial charge in [-0.1, -0.05) is 0 Å². The average Bonchev–Trinajstić information content (AvgIpc) is 0.770. The molecule has 7 aliphatic heterocycles. The van der Waals surface area contributed by atoms with Crippen molar-refractivity contribution in [1.82, 2.24) is 16.0 Å². The third kappa shape index (κ3) is 18.2. The normalized spacial score (nSPS) is 46.4. The zero-order valence-corrected chi connectivity index (χ0v) is 51.4. The first-order chi connectivity index (χ1) is 44.9. The smallest absolute Gasteiger partial charge is 0.217 e. The minimum atomic E-state index is -2.43. The van der Waals surface area contributed by atoms with E-state index in [1.54, 1.807) is 0 Å². The predicted octanol–water partition coefficient (Wildman–Crippen LogP) is -16.7. The summed E-state index contributed by atoms with van der Waals surface area (Å²) < 4.78 is 83.6. The quantitative estimate of drug-likeness (QED) is 0.0363. The highest BCUT2D eigenvalue weighted by atomic mass is 16.8. The van der Waals surface area contributed by atoms with Gasteiger partial charge >= 0.3 is 0 Å². The Kier molecular flexibility index (Phi) is 29.2. The molecule has 0 aliphatic carbocycles. The highest BCUT2D eigenvalue weighted by Gasteiger charge is 2.60. The lowest BCUT2D eigenvalue weighted by atomic mass is 9.94. The summed E-state index contributed by atoms with van der Waals surface area (Å²) in [6, 6.07) is -5.54. The van der Waals surface area contributed by atoms with Gasteiger partial charge in [-0.2, -0.15) is 0 Å². The monoisotopic (exact) mass is 1390 g/mol. The van der Waals surface area contributed by atoms with Gasteiger partial charge in [0.2, 0.25) is 17.7 Å². The lowest BCUT2D eigenvalue weighted by Crippen LogP contribution is -2.71. The molecular formula is C53H91N3O39. The van der Waals surface area contributed by atoms with Crippen LogP contribution in [0.2, 0.25) is 0 Å². The van der Waals surface area contributed by atoms with Gasteiger partial charge in [-0.15, -0.1) is 0 Å². The van der Waals surface area contributed by atoms with E-state index in [2.05, 4.69) is 16.0 Å². The maximum absolute atomic E-state index is 13.2. The number of nitrogens with one attached hydrogen (secondary N) is 3. The van der Waals surface area contributed by atoms with E-state index in [0.29, 0.717) is 0 Å². The molecule has 0 spiro atoms. The largest absolute Gasteiger partial charge is 0.394 e. The molecule has 25 N–H and O–H groups in total. The molecule has 0 aromatic rings. The van der Waals surface area contributed by atoms with Crippen LogP contribution in [-0.2, 0) is 80.7 Å². The fourth-order valence-corrected chi connectivity index (χ4v) is 11.8. The number of hydrogen-bond acceptors (Lipinski definition) is 39. The third-order valence-corrected chi connectivity index (χ3v) is 17.1. The van der Waals surface area contributed by atoms with Gasteiger partial charge in [-0.05, 0) is 6.92 Å². The van der Waals surface area contributed by atoms with Crippen LogP contribution in [0.15, 0.2) is 0 Å². The maximum atomic E-state index is 13.2. The average molecular weight is 1390 g/mol. The number of carbonyl (C=O) groups excluding carboxylic acids is 3. The molecule has 0 unspecified atom stereocenters. The Morgan fingerprint density at radius 3 is 1.44 bits per heavy atom. The van der Waals surface area contributed by atoms with Gasteiger partial charge in [0.05, 0.1) is 65.0 Å². The molecule has 0 aromatic carbocycles. The first-order valence-corrected chi connectivity index (χ1v) is 30.3. The molecule has 0 aromatic heterocycles. The fourth-order valence-electron chi connectivity index (χ4n) is 11.8. The van der Waals surface area contributed by atoms with Crippen LogP contribution in [0.3, 0.4) is 0 Å². The van der Waals surface area contributed by atoms with Crippen molar-refractivity contribution in [2.45, 2.75) is 261 Å². The van der Waals surface area contributed by atoms with Gasteiger partial charge in [0.15, 0.2) is 44.0 Å². The lowest BCUT2D eigenvalue weighted by molar-refractivity contribution is -0.410. The molecule has 42 heteroatoms. The molecule has 42 nitrogen and oxygen atoms in total. The summed E-state index contributed by atoms with van der Waals surface area (Å²) in [7, 11) is 0. The first-order valence-electron chi connectivity index (χ1n) is 30.3. The van der Waals surface area contributed by atoms with Crippen molar-refractivity contribution < 1.29 is 193 Å². The molecule has 3 amide bonds. The van der Waals surface area contributed by atoms with Crippen LogP contribution in [0, 0.1) is 0 Å². The molecule has 38 atom stereocenters. The van der Waals surface area contributed by atoms with Crippen molar-refractivity contribution in [1.29, 1.82) is 0 Å². The molecule has 0 radical (unpaired) electrons. The van der Waals surface area contributed by atoms with Gasteiger partial charge < -0.3 is 195 Å². The lowest BCUT2D eigenvalue weighted by Gasteiger charge is -2.52. The van der Waals surface area contributed by atoms with E-state index in [1.165, 1.54) is 6.92 Å². The van der Waals surface area contributed by atoms with E-state index in [9.17, 15) is 127 Å². The molecule has 0 saturated carbocycles. The zero-order valence-electron chi connectivity index (χ0n) is 51.4. The number of rotatable bonds is 27. The standard InChI is InChI=1S/C53H91N3O39/c1-13-27(68)35(76)40(81)51(84-13)90-41(17(5-57)54-14(2)63)42(18(66)6-58)91-48-26(56-16(4)65)34(75)43(23(10-62)88-48)92-53-46(95-50-38(79)28(69)19(67)11-82-50)44(32(73)24(89-53)12-83-49-39(80)36(77)30(71)21(8-60)86-49)93-52-45(37(78)31(72)22(9-61)87-52)94-47-25(55-15(3)64)33(74)29(70)20(7-59)85-47/h13,17-53,57-62,66-81H,5-12H2,1-4H3,(H,54,63)(H,55,64)(H,56,65)/t13-,17-,18+,19+,20+,21+,22+,23+,24+,25+,26+,27+,28-,29+,30+,31+,32+,33+,34+,35+,36-,37-,38+,39-,40-,41+,42+,43+,44-,45-,46-,47-,48-,49-,50-,51-,52+,53-/m0/s1. The van der Waals surface area contributed by atoms with Crippen LogP contribution in [0.1, 0.15) is 27.7 Å². The Labute approximate surface area is 539 Å². The van der Waals surface area contributed by atoms with Gasteiger partial charge in [-0.25, -0.2) is 0 Å². The number of hydrogen-bond donors (Lipinski definition) is 25. The number of aliphatic hydroxyl groups excluding tert-OH is 22. The van der Waals surface area contributed by atoms with Crippen LogP contribution in [0.5, 0.6) is 0 Å². The van der Waals surface area contributed by atoms with Crippen molar-refractivity contribution in [2.24, 2.45) is 0 Å². The van der Waals surface area contributed by atoms with Crippen molar-refractivity contribution in [3.8, 4) is 0 Å². The van der Waals surface area contributed by atoms with E-state index >= 15 is 0 Å². The Morgan fingerprint density at radius 1 is 0.411 bits per heavy atom. The fraction of sp³-hybridized carbons (Fsp3) is 0.943. The molecule has 0 bridgehead atoms. The Bertz CT molecular complexity index is 2390. The molecular weight excluding hydrogens is 1300 g/mol. The van der Waals surface area contributed by atoms with Crippen LogP contribution < -0.4 is 16.0 Å². The number of ether oxygens (including phenoxy) is 14. The second-order valence-corrected chi connectivity index (χ2v) is 23.9. The van der Waals surface area contributed by atoms with Crippen LogP contribution in [0.25, 0.3) is 0 Å². The van der Waals surface area contributed by atoms with Gasteiger partial charge in [0.25, 0.3) is 0 Å². The van der Waals surface area contributed by atoms with Crippen molar-refractivity contribution in [2.75, 3.05) is 52.9 Å². The van der Waals surface area contributed by atoms with Gasteiger partial charge in [-0.3, -0.25) is 14.4 Å². The van der Waals surface area contributed by atoms with E-state index in [0.717, 1.165) is 20.8 Å². The zero-order chi connectivity index (χ0) is 70.3. The van der Waals surface area contributed by atoms with E-state index in [4.69, 9.17) is 66.3 Å². The van der Waals surface area contributed by atoms with Crippen LogP contribution >= 0.6 is 0 Å². The van der Waals surface area contributed by atoms with Crippen LogP contribution in [-0.4, -0.2) is 416 Å². The highest BCUT2D eigenvalue weighted by molar-refractivity contribution is 5.74. The van der Waals surface area contributed by atoms with Crippen molar-refractivity contribution in [3.05, 3.63) is 0 Å². The molecule has 7 aliphatic rings. The second-order valence-electron chi connectivity index (χ2n) is 23.9. The highest BCUT2D eigenvalue weighted by Crippen LogP contribution is 2.39. The molecule has 95 heavy (non-hydrogen) atoms. The van der Waals surface area contributed by atoms with E-state index in [1.807, 2.05) is 0 Å². The predicted molar refractivity (Wildman–Crippen MR) is 294 cm³/mol. The Hall–Kier alpha value is -3.03. The molecule has 7 heterocycles. The van der Waals surface area contributed by atoms with Crippen molar-refractivity contribution >= 4 is 17.7 Å². The second kappa shape index (κ2) is 35.0. The minimum Gasteiger partial charge on any atom is -0.394 e. The summed E-state index contributed by atoms with van der Waals surface area (Å²) in [6.45, 7) is -4.43. The topological polar surface area (TPSA) is 662 Å². The van der Waals surface area contributed by atoms with E-state index < -0.39 is 304 Å². The van der Waals surface area contributed by atoms with Gasteiger partial charge in [0, 0.05) is 20.8 Å². The first kappa shape index (κ1) is 79.3. The summed E-state index contributed by atoms with van der Waals surface area (Å²) in [5, 5.41) is 248. The number of carbonyl (C=O) groups is 3. The third-order valence-electron chi connectivity index (χ3n) is 17.1. The summed E-state index contributed by atoms with van der Waals surface area (Å²) in [5.41, 5.74) is 0. The summed E-state index contributed by atoms with van der Waals surface area (Å²) >= 11 is 0. The molecule has 552 valence electrons. The SMILES string of the molecule is CC(=O)N[C@H]1[C@H](O[C@@H]([C@H](O[C@@H]2O[C@@H](C)[C@@H](O)[C@@H](O)[C@@H]2O)[C@H](CO)NC(C)=O)[C@H](O)CO)O[C@H](CO)[C@@H](O[C@@H]2O[C@H](CO[C@H]3O[C@H](CO)[C@@H](O)[C@H](O)[C@@H]3O)[C@@H](O)[C@H](O[C@H]3O[C@H](CO)[C@@H](O)[C@H](O)[C@@H]3O[C@@H]3O[C@H](CO)[C@@H](O)[C@H](O)[C@H]3NC(C)=O)[C@@H]2O[C@@H]2OC[C@@H](O)[C@H](O)[C@H]2O)[C@@H]1O. The number of aliphatic hydroxyl groups is 22. The van der Waals surface area contributed by atoms with Gasteiger partial charge in [0.1, 0.15) is 177 Å². The van der Waals surface area contributed by atoms with Crippen LogP contribution in [0.4, 0.5) is 0 Å². The minimum absolute atomic E-state index is 0.802. The summed E-state index contributed by atoms with van der Waals surface area (Å²) in [6.07, 6.45) is -72.3. The number of amides is 3. The van der Waals surface area contributed by atoms with Crippen molar-refractivity contribution in [3.63, 3.8) is 0 Å². The Morgan fingerprint density at radius 2 is 0.874 bits per heavy atom. The maximum Gasteiger partial charge on any atom is 0.217 e.